The van der Waals surface area contributed by atoms with Gasteiger partial charge in [-0.15, -0.1) is 0 Å². The zero-order chi connectivity index (χ0) is 21.7. The number of para-hydroxylation sites is 1. The number of aromatic amines is 2. The van der Waals surface area contributed by atoms with Crippen molar-refractivity contribution in [3.05, 3.63) is 90.7 Å². The van der Waals surface area contributed by atoms with Gasteiger partial charge in [-0.05, 0) is 48.9 Å². The molecule has 1 atom stereocenters. The lowest BCUT2D eigenvalue weighted by Gasteiger charge is -2.35. The molecule has 5 rings (SSSR count). The summed E-state index contributed by atoms with van der Waals surface area (Å²) in [6.07, 6.45) is 0.842. The first-order chi connectivity index (χ1) is 15.0. The average molecular weight is 481 g/mol. The van der Waals surface area contributed by atoms with Crippen molar-refractivity contribution in [2.45, 2.75) is 19.4 Å². The van der Waals surface area contributed by atoms with Crippen molar-refractivity contribution < 1.29 is 5.11 Å². The second kappa shape index (κ2) is 7.55. The highest BCUT2D eigenvalue weighted by Gasteiger charge is 2.35. The summed E-state index contributed by atoms with van der Waals surface area (Å²) < 4.78 is 1.99. The van der Waals surface area contributed by atoms with Crippen LogP contribution in [0.3, 0.4) is 0 Å². The summed E-state index contributed by atoms with van der Waals surface area (Å²) in [7, 11) is 0. The number of benzene rings is 2. The predicted molar refractivity (Wildman–Crippen MR) is 123 cm³/mol. The Kier molecular flexibility index (Phi) is 4.83. The molecule has 1 aliphatic rings. The van der Waals surface area contributed by atoms with Gasteiger partial charge in [0.1, 0.15) is 5.56 Å². The molecular weight excluding hydrogens is 460 g/mol. The van der Waals surface area contributed by atoms with Gasteiger partial charge in [0.05, 0.1) is 11.7 Å². The number of hydrogen-bond donors (Lipinski definition) is 3. The SMILES string of the molecule is CCN1CCc2c([nH]c3ccccc23)[C@@H]1c1c(O)n(-c2ccc(Br)cc2)c(=O)[nH]c1=O. The van der Waals surface area contributed by atoms with Crippen molar-refractivity contribution in [3.8, 4) is 11.6 Å². The van der Waals surface area contributed by atoms with Crippen LogP contribution >= 0.6 is 15.9 Å². The number of halogens is 1. The van der Waals surface area contributed by atoms with E-state index in [4.69, 9.17) is 0 Å². The van der Waals surface area contributed by atoms with Crippen molar-refractivity contribution in [1.82, 2.24) is 19.4 Å². The van der Waals surface area contributed by atoms with Crippen LogP contribution in [0.2, 0.25) is 0 Å². The number of hydrogen-bond acceptors (Lipinski definition) is 4. The van der Waals surface area contributed by atoms with Crippen LogP contribution in [0.4, 0.5) is 0 Å². The van der Waals surface area contributed by atoms with Crippen LogP contribution in [0.1, 0.15) is 29.8 Å². The third-order valence-corrected chi connectivity index (χ3v) is 6.55. The largest absolute Gasteiger partial charge is 0.494 e. The number of likely N-dealkylation sites (N-methyl/N-ethyl adjacent to an activating group) is 1. The molecule has 4 aromatic rings. The molecule has 1 aliphatic heterocycles. The molecule has 158 valence electrons. The van der Waals surface area contributed by atoms with Crippen molar-refractivity contribution in [2.75, 3.05) is 13.1 Å². The van der Waals surface area contributed by atoms with Crippen LogP contribution in [-0.4, -0.2) is 37.6 Å². The summed E-state index contributed by atoms with van der Waals surface area (Å²) in [5, 5.41) is 12.4. The van der Waals surface area contributed by atoms with E-state index in [0.29, 0.717) is 12.2 Å². The van der Waals surface area contributed by atoms with E-state index in [0.717, 1.165) is 44.2 Å². The van der Waals surface area contributed by atoms with E-state index in [1.165, 1.54) is 0 Å². The maximum Gasteiger partial charge on any atom is 0.335 e. The summed E-state index contributed by atoms with van der Waals surface area (Å²) in [6, 6.07) is 14.5. The monoisotopic (exact) mass is 480 g/mol. The maximum absolute atomic E-state index is 13.0. The van der Waals surface area contributed by atoms with Gasteiger partial charge in [-0.1, -0.05) is 41.1 Å². The van der Waals surface area contributed by atoms with Crippen LogP contribution in [0.25, 0.3) is 16.6 Å². The molecule has 0 fully saturated rings. The standard InChI is InChI=1S/C23H21BrN4O3/c1-2-27-12-11-16-15-5-3-4-6-17(15)25-19(16)20(27)18-21(29)26-23(31)28(22(18)30)14-9-7-13(24)8-10-14/h3-10,20,25,30H,2,11-12H2,1H3,(H,26,29,31)/t20-/m0/s1. The fourth-order valence-corrected chi connectivity index (χ4v) is 4.84. The second-order valence-corrected chi connectivity index (χ2v) is 8.57. The summed E-state index contributed by atoms with van der Waals surface area (Å²) in [6.45, 7) is 3.46. The van der Waals surface area contributed by atoms with E-state index in [-0.39, 0.29) is 11.4 Å². The predicted octanol–water partition coefficient (Wildman–Crippen LogP) is 3.44. The molecule has 2 aromatic heterocycles. The Bertz CT molecular complexity index is 1400. The van der Waals surface area contributed by atoms with E-state index in [9.17, 15) is 14.7 Å². The van der Waals surface area contributed by atoms with E-state index >= 15 is 0 Å². The van der Waals surface area contributed by atoms with E-state index < -0.39 is 17.3 Å². The number of nitrogens with one attached hydrogen (secondary N) is 2. The molecule has 0 spiro atoms. The minimum absolute atomic E-state index is 0.164. The number of H-pyrrole nitrogens is 2. The molecule has 3 heterocycles. The Hall–Kier alpha value is -3.10. The summed E-state index contributed by atoms with van der Waals surface area (Å²) in [4.78, 5) is 33.7. The molecule has 0 aliphatic carbocycles. The van der Waals surface area contributed by atoms with Crippen molar-refractivity contribution in [3.63, 3.8) is 0 Å². The highest BCUT2D eigenvalue weighted by molar-refractivity contribution is 9.10. The molecule has 0 saturated heterocycles. The minimum atomic E-state index is -0.677. The topological polar surface area (TPSA) is 94.1 Å². The quantitative estimate of drug-likeness (QED) is 0.418. The molecule has 2 aromatic carbocycles. The van der Waals surface area contributed by atoms with Gasteiger partial charge in [0.15, 0.2) is 0 Å². The van der Waals surface area contributed by atoms with Crippen molar-refractivity contribution >= 4 is 26.8 Å². The lowest BCUT2D eigenvalue weighted by Crippen LogP contribution is -2.41. The normalized spacial score (nSPS) is 16.5. The zero-order valence-corrected chi connectivity index (χ0v) is 18.4. The number of fused-ring (bicyclic) bond motifs is 3. The first kappa shape index (κ1) is 19.8. The molecule has 0 saturated carbocycles. The Morgan fingerprint density at radius 2 is 1.84 bits per heavy atom. The minimum Gasteiger partial charge on any atom is -0.494 e. The molecule has 0 bridgehead atoms. The van der Waals surface area contributed by atoms with Gasteiger partial charge in [-0.3, -0.25) is 14.7 Å². The number of nitrogens with zero attached hydrogens (tertiary/aromatic N) is 2. The summed E-state index contributed by atoms with van der Waals surface area (Å²) in [5.41, 5.74) is 2.40. The van der Waals surface area contributed by atoms with Crippen LogP contribution in [0, 0.1) is 0 Å². The Morgan fingerprint density at radius 1 is 1.10 bits per heavy atom. The van der Waals surface area contributed by atoms with Gasteiger partial charge >= 0.3 is 5.69 Å². The van der Waals surface area contributed by atoms with Crippen LogP contribution < -0.4 is 11.2 Å². The lowest BCUT2D eigenvalue weighted by atomic mass is 9.93. The van der Waals surface area contributed by atoms with Crippen LogP contribution in [0.5, 0.6) is 5.88 Å². The molecular formula is C23H21BrN4O3. The van der Waals surface area contributed by atoms with Gasteiger partial charge < -0.3 is 10.1 Å². The average Bonchev–Trinajstić information content (AvgIpc) is 3.14. The highest BCUT2D eigenvalue weighted by atomic mass is 79.9. The molecule has 8 heteroatoms. The number of aromatic hydroxyl groups is 1. The lowest BCUT2D eigenvalue weighted by molar-refractivity contribution is 0.215. The van der Waals surface area contributed by atoms with E-state index in [2.05, 4.69) is 36.9 Å². The first-order valence-corrected chi connectivity index (χ1v) is 11.0. The van der Waals surface area contributed by atoms with Gasteiger partial charge in [0.25, 0.3) is 5.56 Å². The number of rotatable bonds is 3. The smallest absolute Gasteiger partial charge is 0.335 e. The Labute approximate surface area is 186 Å². The summed E-state index contributed by atoms with van der Waals surface area (Å²) in [5.74, 6) is -0.342. The fourth-order valence-electron chi connectivity index (χ4n) is 4.57. The Morgan fingerprint density at radius 3 is 2.58 bits per heavy atom. The van der Waals surface area contributed by atoms with Gasteiger partial charge in [-0.2, -0.15) is 0 Å². The molecule has 0 amide bonds. The van der Waals surface area contributed by atoms with Gasteiger partial charge in [0, 0.05) is 27.6 Å². The molecule has 3 N–H and O–H groups in total. The second-order valence-electron chi connectivity index (χ2n) is 7.65. The highest BCUT2D eigenvalue weighted by Crippen LogP contribution is 2.39. The molecule has 0 unspecified atom stereocenters. The van der Waals surface area contributed by atoms with Crippen LogP contribution in [-0.2, 0) is 6.42 Å². The maximum atomic E-state index is 13.0. The summed E-state index contributed by atoms with van der Waals surface area (Å²) >= 11 is 3.38. The fraction of sp³-hybridized carbons (Fsp3) is 0.217. The molecule has 31 heavy (non-hydrogen) atoms. The zero-order valence-electron chi connectivity index (χ0n) is 16.9. The van der Waals surface area contributed by atoms with Crippen molar-refractivity contribution in [1.29, 1.82) is 0 Å². The van der Waals surface area contributed by atoms with E-state index in [1.807, 2.05) is 25.1 Å². The van der Waals surface area contributed by atoms with E-state index in [1.54, 1.807) is 24.3 Å². The Balaban J connectivity index is 1.78. The molecule has 7 nitrogen and oxygen atoms in total. The third-order valence-electron chi connectivity index (χ3n) is 6.02. The molecule has 0 radical (unpaired) electrons. The van der Waals surface area contributed by atoms with Gasteiger partial charge in [-0.25, -0.2) is 9.36 Å². The van der Waals surface area contributed by atoms with Crippen LogP contribution in [0.15, 0.2) is 62.6 Å². The first-order valence-electron chi connectivity index (χ1n) is 10.2. The van der Waals surface area contributed by atoms with Gasteiger partial charge in [0.2, 0.25) is 5.88 Å². The van der Waals surface area contributed by atoms with Crippen molar-refractivity contribution in [2.24, 2.45) is 0 Å². The number of aromatic nitrogens is 3. The third kappa shape index (κ3) is 3.14.